The third-order valence-corrected chi connectivity index (χ3v) is 11.6. The molecule has 11 nitrogen and oxygen atoms in total. The number of carbonyl (C=O) groups excluding carboxylic acids is 1. The van der Waals surface area contributed by atoms with E-state index in [0.717, 1.165) is 60.9 Å². The van der Waals surface area contributed by atoms with Crippen LogP contribution in [0.4, 0.5) is 5.69 Å². The number of carbonyl (C=O) groups is 2. The third-order valence-electron chi connectivity index (χ3n) is 10.7. The average Bonchev–Trinajstić information content (AvgIpc) is 3.74. The number of aromatic nitrogens is 4. The predicted octanol–water partition coefficient (Wildman–Crippen LogP) is 9.03. The number of benzene rings is 3. The zero-order valence-corrected chi connectivity index (χ0v) is 33.9. The van der Waals surface area contributed by atoms with Crippen molar-refractivity contribution in [3.05, 3.63) is 92.0 Å². The Morgan fingerprint density at radius 2 is 1.62 bits per heavy atom. The van der Waals surface area contributed by atoms with Gasteiger partial charge in [-0.15, -0.1) is 0 Å². The number of ether oxygens (including phenoxy) is 3. The van der Waals surface area contributed by atoms with Gasteiger partial charge in [-0.2, -0.15) is 5.10 Å². The van der Waals surface area contributed by atoms with Crippen molar-refractivity contribution >= 4 is 62.6 Å². The van der Waals surface area contributed by atoms with Gasteiger partial charge in [0.1, 0.15) is 29.5 Å². The molecule has 0 saturated carbocycles. The molecule has 0 spiro atoms. The standard InChI is InChI=1S/C42H45Cl2N5O6/c1-22-16-28(17-23(2)37(22)44)54-13-9-10-30-31-11-12-32(43)36(35-25(4)45-47(7)26(35)5)39(31)49-24(3)21-48(41(50)40(30)49)33-20-29(55-15-14-53-8)18-27-19-34(42(51)52)46(6)38(27)33/h11-12,16-20,24H,9-10,13-15,21H2,1-8H3,(H,51,52)/t24-/m1/s1. The van der Waals surface area contributed by atoms with Crippen molar-refractivity contribution in [2.24, 2.45) is 14.1 Å². The minimum Gasteiger partial charge on any atom is -0.494 e. The number of carboxylic acid groups (broad SMARTS) is 1. The van der Waals surface area contributed by atoms with Gasteiger partial charge in [0.2, 0.25) is 0 Å². The van der Waals surface area contributed by atoms with Crippen LogP contribution in [0.1, 0.15) is 68.4 Å². The molecule has 288 valence electrons. The number of amides is 1. The highest BCUT2D eigenvalue weighted by atomic mass is 35.5. The first-order valence-corrected chi connectivity index (χ1v) is 19.0. The number of carboxylic acids is 1. The van der Waals surface area contributed by atoms with Crippen molar-refractivity contribution in [2.45, 2.75) is 53.5 Å². The number of rotatable bonds is 12. The number of hydrogen-bond acceptors (Lipinski definition) is 6. The Labute approximate surface area is 329 Å². The Bertz CT molecular complexity index is 2490. The molecule has 0 bridgehead atoms. The molecule has 1 atom stereocenters. The Kier molecular flexibility index (Phi) is 10.4. The second kappa shape index (κ2) is 14.9. The van der Waals surface area contributed by atoms with Gasteiger partial charge in [-0.3, -0.25) is 9.48 Å². The Morgan fingerprint density at radius 1 is 0.927 bits per heavy atom. The predicted molar refractivity (Wildman–Crippen MR) is 217 cm³/mol. The van der Waals surface area contributed by atoms with Crippen molar-refractivity contribution in [1.29, 1.82) is 0 Å². The summed E-state index contributed by atoms with van der Waals surface area (Å²) in [6.45, 7) is 11.4. The molecule has 3 aromatic carbocycles. The summed E-state index contributed by atoms with van der Waals surface area (Å²) in [4.78, 5) is 29.3. The zero-order chi connectivity index (χ0) is 39.5. The number of anilines is 1. The minimum atomic E-state index is -1.07. The van der Waals surface area contributed by atoms with Gasteiger partial charge in [-0.1, -0.05) is 29.3 Å². The van der Waals surface area contributed by atoms with E-state index in [-0.39, 0.29) is 24.2 Å². The van der Waals surface area contributed by atoms with Gasteiger partial charge in [0.25, 0.3) is 5.91 Å². The summed E-state index contributed by atoms with van der Waals surface area (Å²) < 4.78 is 23.1. The molecule has 3 aromatic heterocycles. The van der Waals surface area contributed by atoms with Crippen LogP contribution in [-0.4, -0.2) is 69.4 Å². The monoisotopic (exact) mass is 785 g/mol. The van der Waals surface area contributed by atoms with Crippen molar-refractivity contribution < 1.29 is 28.9 Å². The van der Waals surface area contributed by atoms with E-state index in [1.807, 2.05) is 69.8 Å². The van der Waals surface area contributed by atoms with Crippen LogP contribution in [0.2, 0.25) is 10.0 Å². The van der Waals surface area contributed by atoms with Gasteiger partial charge >= 0.3 is 5.97 Å². The molecule has 0 aliphatic carbocycles. The molecule has 0 radical (unpaired) electrons. The van der Waals surface area contributed by atoms with Crippen LogP contribution in [0, 0.1) is 27.7 Å². The second-order valence-electron chi connectivity index (χ2n) is 14.4. The van der Waals surface area contributed by atoms with Gasteiger partial charge in [-0.05, 0) is 94.5 Å². The molecule has 1 N–H and O–H groups in total. The minimum absolute atomic E-state index is 0.102. The first-order valence-electron chi connectivity index (χ1n) is 18.3. The molecular formula is C42H45Cl2N5O6. The van der Waals surface area contributed by atoms with E-state index in [2.05, 4.69) is 11.5 Å². The van der Waals surface area contributed by atoms with E-state index in [9.17, 15) is 9.90 Å². The van der Waals surface area contributed by atoms with E-state index in [1.54, 1.807) is 35.8 Å². The fourth-order valence-corrected chi connectivity index (χ4v) is 8.48. The largest absolute Gasteiger partial charge is 0.494 e. The molecule has 1 aliphatic heterocycles. The second-order valence-corrected chi connectivity index (χ2v) is 15.2. The molecule has 0 unspecified atom stereocenters. The van der Waals surface area contributed by atoms with Gasteiger partial charge in [0.15, 0.2) is 0 Å². The Balaban J connectivity index is 1.39. The van der Waals surface area contributed by atoms with E-state index < -0.39 is 5.97 Å². The molecule has 4 heterocycles. The molecule has 7 rings (SSSR count). The van der Waals surface area contributed by atoms with Crippen LogP contribution in [0.5, 0.6) is 11.5 Å². The lowest BCUT2D eigenvalue weighted by Crippen LogP contribution is -2.43. The Morgan fingerprint density at radius 3 is 2.27 bits per heavy atom. The maximum atomic E-state index is 15.3. The summed E-state index contributed by atoms with van der Waals surface area (Å²) in [7, 11) is 5.22. The fourth-order valence-electron chi connectivity index (χ4n) is 8.13. The average molecular weight is 787 g/mol. The molecule has 1 aliphatic rings. The maximum absolute atomic E-state index is 15.3. The molecule has 0 fully saturated rings. The number of aryl methyl sites for hydroxylation is 6. The number of nitrogens with zero attached hydrogens (tertiary/aromatic N) is 5. The number of aromatic carboxylic acids is 1. The lowest BCUT2D eigenvalue weighted by Gasteiger charge is -2.35. The van der Waals surface area contributed by atoms with Crippen LogP contribution in [0.25, 0.3) is 32.9 Å². The maximum Gasteiger partial charge on any atom is 0.352 e. The topological polar surface area (TPSA) is 113 Å². The lowest BCUT2D eigenvalue weighted by molar-refractivity contribution is 0.0687. The summed E-state index contributed by atoms with van der Waals surface area (Å²) in [5, 5.41) is 17.7. The molecule has 6 aromatic rings. The van der Waals surface area contributed by atoms with Crippen LogP contribution in [0.15, 0.2) is 42.5 Å². The highest BCUT2D eigenvalue weighted by Crippen LogP contribution is 2.46. The third kappa shape index (κ3) is 6.62. The molecule has 55 heavy (non-hydrogen) atoms. The summed E-state index contributed by atoms with van der Waals surface area (Å²) in [5.74, 6) is -0.0149. The quantitative estimate of drug-likeness (QED) is 0.123. The van der Waals surface area contributed by atoms with Crippen LogP contribution >= 0.6 is 23.2 Å². The molecule has 1 amide bonds. The first kappa shape index (κ1) is 38.3. The molecule has 0 saturated heterocycles. The van der Waals surface area contributed by atoms with E-state index >= 15 is 4.79 Å². The van der Waals surface area contributed by atoms with Gasteiger partial charge in [0, 0.05) is 72.5 Å². The van der Waals surface area contributed by atoms with Crippen molar-refractivity contribution in [3.8, 4) is 22.6 Å². The van der Waals surface area contributed by atoms with Crippen LogP contribution in [0.3, 0.4) is 0 Å². The summed E-state index contributed by atoms with van der Waals surface area (Å²) >= 11 is 13.5. The van der Waals surface area contributed by atoms with Crippen molar-refractivity contribution in [1.82, 2.24) is 18.9 Å². The highest BCUT2D eigenvalue weighted by Gasteiger charge is 2.38. The molecule has 13 heteroatoms. The lowest BCUT2D eigenvalue weighted by atomic mass is 9.98. The van der Waals surface area contributed by atoms with Gasteiger partial charge in [-0.25, -0.2) is 4.79 Å². The van der Waals surface area contributed by atoms with Crippen molar-refractivity contribution in [3.63, 3.8) is 0 Å². The van der Waals surface area contributed by atoms with Crippen molar-refractivity contribution in [2.75, 3.05) is 38.4 Å². The SMILES string of the molecule is COCCOc1cc(N2C[C@@H](C)n3c(c(CCCOc4cc(C)c(Cl)c(C)c4)c4ccc(Cl)c(-c5c(C)nn(C)c5C)c43)C2=O)c2c(c1)cc(C(=O)O)n2C. The fraction of sp³-hybridized carbons (Fsp3) is 0.357. The summed E-state index contributed by atoms with van der Waals surface area (Å²) in [5.41, 5.74) is 9.11. The summed E-state index contributed by atoms with van der Waals surface area (Å²) in [6, 6.07) is 12.8. The number of methoxy groups -OCH3 is 1. The summed E-state index contributed by atoms with van der Waals surface area (Å²) in [6.07, 6.45) is 1.18. The first-order chi connectivity index (χ1) is 26.2. The van der Waals surface area contributed by atoms with E-state index in [0.29, 0.717) is 65.7 Å². The number of halogens is 2. The van der Waals surface area contributed by atoms with E-state index in [4.69, 9.17) is 42.5 Å². The van der Waals surface area contributed by atoms with E-state index in [1.165, 1.54) is 0 Å². The Hall–Kier alpha value is -4.97. The zero-order valence-electron chi connectivity index (χ0n) is 32.3. The van der Waals surface area contributed by atoms with Crippen LogP contribution < -0.4 is 14.4 Å². The van der Waals surface area contributed by atoms with Gasteiger partial charge in [0.05, 0.1) is 40.7 Å². The number of fused-ring (bicyclic) bond motifs is 4. The van der Waals surface area contributed by atoms with Gasteiger partial charge < -0.3 is 33.4 Å². The van der Waals surface area contributed by atoms with Crippen LogP contribution in [-0.2, 0) is 25.3 Å². The smallest absolute Gasteiger partial charge is 0.352 e. The molecular weight excluding hydrogens is 741 g/mol. The number of hydrogen-bond donors (Lipinski definition) is 1. The normalized spacial score (nSPS) is 14.3. The highest BCUT2D eigenvalue weighted by molar-refractivity contribution is 6.35.